The van der Waals surface area contributed by atoms with Crippen molar-refractivity contribution in [2.24, 2.45) is 0 Å². The average molecular weight is 246 g/mol. The summed E-state index contributed by atoms with van der Waals surface area (Å²) >= 11 is 0. The zero-order valence-electron chi connectivity index (χ0n) is 10.8. The molecular formula is C15H22N2O. The molecule has 2 aliphatic rings. The first kappa shape index (κ1) is 12.1. The lowest BCUT2D eigenvalue weighted by molar-refractivity contribution is 0.107. The SMILES string of the molecule is OC1CCCC(NC2CCCc3cccnc32)C1. The van der Waals surface area contributed by atoms with Gasteiger partial charge in [0.15, 0.2) is 0 Å². The van der Waals surface area contributed by atoms with Gasteiger partial charge in [-0.15, -0.1) is 0 Å². The molecule has 98 valence electrons. The molecule has 3 heteroatoms. The van der Waals surface area contributed by atoms with Gasteiger partial charge < -0.3 is 10.4 Å². The highest BCUT2D eigenvalue weighted by Crippen LogP contribution is 2.30. The van der Waals surface area contributed by atoms with Gasteiger partial charge in [0, 0.05) is 18.3 Å². The van der Waals surface area contributed by atoms with E-state index in [0.29, 0.717) is 12.1 Å². The summed E-state index contributed by atoms with van der Waals surface area (Å²) in [6.45, 7) is 0. The Morgan fingerprint density at radius 1 is 1.22 bits per heavy atom. The van der Waals surface area contributed by atoms with Gasteiger partial charge >= 0.3 is 0 Å². The predicted molar refractivity (Wildman–Crippen MR) is 71.3 cm³/mol. The zero-order valence-corrected chi connectivity index (χ0v) is 10.8. The van der Waals surface area contributed by atoms with Crippen molar-refractivity contribution in [3.05, 3.63) is 29.6 Å². The van der Waals surface area contributed by atoms with E-state index in [9.17, 15) is 5.11 Å². The van der Waals surface area contributed by atoms with Gasteiger partial charge in [0.2, 0.25) is 0 Å². The largest absolute Gasteiger partial charge is 0.393 e. The summed E-state index contributed by atoms with van der Waals surface area (Å²) < 4.78 is 0. The highest BCUT2D eigenvalue weighted by atomic mass is 16.3. The minimum atomic E-state index is -0.108. The Hall–Kier alpha value is -0.930. The Labute approximate surface area is 109 Å². The molecule has 2 N–H and O–H groups in total. The van der Waals surface area contributed by atoms with Crippen molar-refractivity contribution in [2.45, 2.75) is 63.1 Å². The van der Waals surface area contributed by atoms with Gasteiger partial charge in [0.05, 0.1) is 11.8 Å². The molecule has 0 aromatic carbocycles. The first-order valence-corrected chi connectivity index (χ1v) is 7.21. The summed E-state index contributed by atoms with van der Waals surface area (Å²) in [6.07, 6.45) is 9.57. The van der Waals surface area contributed by atoms with Crippen LogP contribution in [0.1, 0.15) is 55.8 Å². The maximum atomic E-state index is 9.75. The van der Waals surface area contributed by atoms with Gasteiger partial charge in [-0.1, -0.05) is 6.07 Å². The molecule has 3 nitrogen and oxygen atoms in total. The van der Waals surface area contributed by atoms with E-state index in [2.05, 4.69) is 16.4 Å². The van der Waals surface area contributed by atoms with Crippen LogP contribution in [0.5, 0.6) is 0 Å². The second-order valence-electron chi connectivity index (χ2n) is 5.68. The van der Waals surface area contributed by atoms with Crippen LogP contribution in [0.2, 0.25) is 0 Å². The lowest BCUT2D eigenvalue weighted by Gasteiger charge is -2.33. The fraction of sp³-hybridized carbons (Fsp3) is 0.667. The molecule has 0 amide bonds. The normalized spacial score (nSPS) is 31.9. The fourth-order valence-electron chi connectivity index (χ4n) is 3.37. The van der Waals surface area contributed by atoms with Crippen LogP contribution in [0.15, 0.2) is 18.3 Å². The number of rotatable bonds is 2. The number of hydrogen-bond donors (Lipinski definition) is 2. The van der Waals surface area contributed by atoms with Gasteiger partial charge in [-0.2, -0.15) is 0 Å². The molecule has 1 aromatic heterocycles. The number of nitrogens with zero attached hydrogens (tertiary/aromatic N) is 1. The molecular weight excluding hydrogens is 224 g/mol. The van der Waals surface area contributed by atoms with Gasteiger partial charge in [-0.05, 0) is 56.6 Å². The van der Waals surface area contributed by atoms with E-state index in [1.165, 1.54) is 30.5 Å². The van der Waals surface area contributed by atoms with Gasteiger partial charge in [-0.3, -0.25) is 4.98 Å². The highest BCUT2D eigenvalue weighted by Gasteiger charge is 2.26. The third kappa shape index (κ3) is 2.57. The van der Waals surface area contributed by atoms with Gasteiger partial charge in [-0.25, -0.2) is 0 Å². The van der Waals surface area contributed by atoms with Crippen molar-refractivity contribution in [1.82, 2.24) is 10.3 Å². The predicted octanol–water partition coefficient (Wildman–Crippen LogP) is 2.35. The fourth-order valence-corrected chi connectivity index (χ4v) is 3.37. The maximum absolute atomic E-state index is 9.75. The smallest absolute Gasteiger partial charge is 0.0605 e. The van der Waals surface area contributed by atoms with Crippen LogP contribution in [0.25, 0.3) is 0 Å². The number of nitrogens with one attached hydrogen (secondary N) is 1. The van der Waals surface area contributed by atoms with Crippen LogP contribution in [-0.4, -0.2) is 22.2 Å². The third-order valence-corrected chi connectivity index (χ3v) is 4.28. The Kier molecular flexibility index (Phi) is 3.62. The molecule has 1 fully saturated rings. The Balaban J connectivity index is 1.70. The number of hydrogen-bond acceptors (Lipinski definition) is 3. The number of pyridine rings is 1. The monoisotopic (exact) mass is 246 g/mol. The Morgan fingerprint density at radius 2 is 2.17 bits per heavy atom. The highest BCUT2D eigenvalue weighted by molar-refractivity contribution is 5.25. The molecule has 0 bridgehead atoms. The van der Waals surface area contributed by atoms with Gasteiger partial charge in [0.1, 0.15) is 0 Å². The molecule has 3 unspecified atom stereocenters. The molecule has 3 atom stereocenters. The summed E-state index contributed by atoms with van der Waals surface area (Å²) in [7, 11) is 0. The molecule has 1 saturated carbocycles. The van der Waals surface area contributed by atoms with Crippen LogP contribution < -0.4 is 5.32 Å². The average Bonchev–Trinajstić information content (AvgIpc) is 2.39. The second-order valence-corrected chi connectivity index (χ2v) is 5.68. The lowest BCUT2D eigenvalue weighted by Crippen LogP contribution is -2.39. The summed E-state index contributed by atoms with van der Waals surface area (Å²) in [4.78, 5) is 4.56. The second kappa shape index (κ2) is 5.37. The first-order chi connectivity index (χ1) is 8.83. The number of aliphatic hydroxyl groups excluding tert-OH is 1. The quantitative estimate of drug-likeness (QED) is 0.842. The van der Waals surface area contributed by atoms with Crippen molar-refractivity contribution < 1.29 is 5.11 Å². The molecule has 1 heterocycles. The van der Waals surface area contributed by atoms with Crippen LogP contribution in [0.4, 0.5) is 0 Å². The number of aryl methyl sites for hydroxylation is 1. The van der Waals surface area contributed by atoms with Crippen molar-refractivity contribution in [2.75, 3.05) is 0 Å². The molecule has 0 radical (unpaired) electrons. The van der Waals surface area contributed by atoms with E-state index in [0.717, 1.165) is 25.7 Å². The van der Waals surface area contributed by atoms with Crippen molar-refractivity contribution >= 4 is 0 Å². The van der Waals surface area contributed by atoms with E-state index in [1.54, 1.807) is 0 Å². The first-order valence-electron chi connectivity index (χ1n) is 7.21. The topological polar surface area (TPSA) is 45.1 Å². The zero-order chi connectivity index (χ0) is 12.4. The van der Waals surface area contributed by atoms with Crippen molar-refractivity contribution in [1.29, 1.82) is 0 Å². The number of aliphatic hydroxyl groups is 1. The van der Waals surface area contributed by atoms with Crippen LogP contribution >= 0.6 is 0 Å². The van der Waals surface area contributed by atoms with E-state index in [4.69, 9.17) is 0 Å². The Bertz CT molecular complexity index is 407. The summed E-state index contributed by atoms with van der Waals surface area (Å²) in [5.41, 5.74) is 2.64. The standard InChI is InChI=1S/C15H22N2O/c18-13-7-2-6-12(10-13)17-14-8-1-4-11-5-3-9-16-15(11)14/h3,5,9,12-14,17-18H,1-2,4,6-8,10H2. The van der Waals surface area contributed by atoms with E-state index >= 15 is 0 Å². The van der Waals surface area contributed by atoms with E-state index < -0.39 is 0 Å². The summed E-state index contributed by atoms with van der Waals surface area (Å²) in [6, 6.07) is 5.09. The molecule has 18 heavy (non-hydrogen) atoms. The van der Waals surface area contributed by atoms with Crippen LogP contribution in [0, 0.1) is 0 Å². The number of fused-ring (bicyclic) bond motifs is 1. The Morgan fingerprint density at radius 3 is 3.06 bits per heavy atom. The summed E-state index contributed by atoms with van der Waals surface area (Å²) in [5.74, 6) is 0. The van der Waals surface area contributed by atoms with Crippen LogP contribution in [0.3, 0.4) is 0 Å². The summed E-state index contributed by atoms with van der Waals surface area (Å²) in [5, 5.41) is 13.5. The van der Waals surface area contributed by atoms with Crippen molar-refractivity contribution in [3.8, 4) is 0 Å². The van der Waals surface area contributed by atoms with Crippen molar-refractivity contribution in [3.63, 3.8) is 0 Å². The minimum absolute atomic E-state index is 0.108. The third-order valence-electron chi connectivity index (χ3n) is 4.28. The van der Waals surface area contributed by atoms with Gasteiger partial charge in [0.25, 0.3) is 0 Å². The molecule has 3 rings (SSSR count). The molecule has 0 saturated heterocycles. The molecule has 0 spiro atoms. The molecule has 2 aliphatic carbocycles. The van der Waals surface area contributed by atoms with E-state index in [1.807, 2.05) is 12.3 Å². The number of aromatic nitrogens is 1. The minimum Gasteiger partial charge on any atom is -0.393 e. The lowest BCUT2D eigenvalue weighted by atomic mass is 9.88. The van der Waals surface area contributed by atoms with Crippen LogP contribution in [-0.2, 0) is 6.42 Å². The molecule has 1 aromatic rings. The molecule has 0 aliphatic heterocycles. The van der Waals surface area contributed by atoms with E-state index in [-0.39, 0.29) is 6.10 Å². The maximum Gasteiger partial charge on any atom is 0.0605 e.